The Morgan fingerprint density at radius 1 is 1.21 bits per heavy atom. The van der Waals surface area contributed by atoms with E-state index < -0.39 is 0 Å². The molecule has 1 saturated carbocycles. The predicted molar refractivity (Wildman–Crippen MR) is 99.8 cm³/mol. The van der Waals surface area contributed by atoms with Crippen molar-refractivity contribution >= 4 is 26.7 Å². The maximum Gasteiger partial charge on any atom is 0.262 e. The molecule has 0 bridgehead atoms. The standard InChI is InChI=1S/C20H18BrNO2/c1-20(8-9-20)14-5-6-15-13(11-14)7-10-22(19(15)24)18-4-2-3-17(21)16(18)12-23/h2-7,10-11,23H,8-9,12H2,1H3. The van der Waals surface area contributed by atoms with E-state index in [1.807, 2.05) is 30.3 Å². The number of fused-ring (bicyclic) bond motifs is 1. The molecule has 1 heterocycles. The SMILES string of the molecule is CC1(c2ccc3c(=O)n(-c4cccc(Br)c4CO)ccc3c2)CC1. The zero-order valence-electron chi connectivity index (χ0n) is 13.4. The van der Waals surface area contributed by atoms with E-state index in [9.17, 15) is 9.90 Å². The molecule has 24 heavy (non-hydrogen) atoms. The number of pyridine rings is 1. The van der Waals surface area contributed by atoms with Crippen LogP contribution in [0.25, 0.3) is 16.5 Å². The predicted octanol–water partition coefficient (Wildman–Crippen LogP) is 4.30. The second-order valence-electron chi connectivity index (χ2n) is 6.75. The second-order valence-corrected chi connectivity index (χ2v) is 7.60. The number of hydrogen-bond acceptors (Lipinski definition) is 2. The van der Waals surface area contributed by atoms with E-state index in [1.165, 1.54) is 18.4 Å². The average molecular weight is 384 g/mol. The molecule has 0 radical (unpaired) electrons. The molecule has 0 spiro atoms. The molecular formula is C20H18BrNO2. The molecule has 0 atom stereocenters. The quantitative estimate of drug-likeness (QED) is 0.732. The van der Waals surface area contributed by atoms with E-state index in [0.29, 0.717) is 16.6 Å². The van der Waals surface area contributed by atoms with Gasteiger partial charge in [-0.15, -0.1) is 0 Å². The lowest BCUT2D eigenvalue weighted by atomic mass is 9.96. The van der Waals surface area contributed by atoms with Gasteiger partial charge in [-0.05, 0) is 53.5 Å². The molecule has 0 unspecified atom stereocenters. The number of rotatable bonds is 3. The molecule has 1 aromatic heterocycles. The lowest BCUT2D eigenvalue weighted by Crippen LogP contribution is -2.19. The Morgan fingerprint density at radius 3 is 2.71 bits per heavy atom. The first-order valence-corrected chi connectivity index (χ1v) is 8.87. The molecule has 3 nitrogen and oxygen atoms in total. The summed E-state index contributed by atoms with van der Waals surface area (Å²) in [7, 11) is 0. The normalized spacial score (nSPS) is 15.6. The highest BCUT2D eigenvalue weighted by Crippen LogP contribution is 2.47. The van der Waals surface area contributed by atoms with Gasteiger partial charge in [0.25, 0.3) is 5.56 Å². The summed E-state index contributed by atoms with van der Waals surface area (Å²) in [4.78, 5) is 13.0. The fourth-order valence-corrected chi connectivity index (χ4v) is 3.70. The minimum Gasteiger partial charge on any atom is -0.392 e. The molecule has 1 aliphatic carbocycles. The maximum atomic E-state index is 13.0. The summed E-state index contributed by atoms with van der Waals surface area (Å²) in [6.45, 7) is 2.14. The Labute approximate surface area is 148 Å². The van der Waals surface area contributed by atoms with Gasteiger partial charge in [0.1, 0.15) is 0 Å². The van der Waals surface area contributed by atoms with Gasteiger partial charge < -0.3 is 5.11 Å². The number of nitrogens with zero attached hydrogens (tertiary/aromatic N) is 1. The highest BCUT2D eigenvalue weighted by molar-refractivity contribution is 9.10. The molecule has 3 aromatic rings. The van der Waals surface area contributed by atoms with E-state index in [1.54, 1.807) is 10.8 Å². The second kappa shape index (κ2) is 5.57. The Hall–Kier alpha value is -1.91. The Balaban J connectivity index is 1.91. The molecule has 0 saturated heterocycles. The number of hydrogen-bond donors (Lipinski definition) is 1. The van der Waals surface area contributed by atoms with Crippen molar-refractivity contribution in [3.05, 3.63) is 74.6 Å². The lowest BCUT2D eigenvalue weighted by Gasteiger charge is -2.14. The van der Waals surface area contributed by atoms with E-state index in [0.717, 1.165) is 9.86 Å². The molecule has 0 amide bonds. The zero-order valence-corrected chi connectivity index (χ0v) is 15.0. The number of aliphatic hydroxyl groups excluding tert-OH is 1. The molecule has 1 fully saturated rings. The maximum absolute atomic E-state index is 13.0. The van der Waals surface area contributed by atoms with Crippen molar-refractivity contribution in [2.24, 2.45) is 0 Å². The van der Waals surface area contributed by atoms with Gasteiger partial charge >= 0.3 is 0 Å². The minimum absolute atomic E-state index is 0.0622. The molecular weight excluding hydrogens is 366 g/mol. The van der Waals surface area contributed by atoms with Crippen molar-refractivity contribution in [3.8, 4) is 5.69 Å². The van der Waals surface area contributed by atoms with Crippen LogP contribution < -0.4 is 5.56 Å². The molecule has 1 N–H and O–H groups in total. The van der Waals surface area contributed by atoms with Gasteiger partial charge in [-0.3, -0.25) is 9.36 Å². The molecule has 122 valence electrons. The van der Waals surface area contributed by atoms with Gasteiger partial charge in [0.05, 0.1) is 12.3 Å². The van der Waals surface area contributed by atoms with Crippen LogP contribution in [0, 0.1) is 0 Å². The zero-order chi connectivity index (χ0) is 16.9. The fourth-order valence-electron chi connectivity index (χ4n) is 3.22. The molecule has 1 aliphatic rings. The highest BCUT2D eigenvalue weighted by Gasteiger charge is 2.38. The van der Waals surface area contributed by atoms with Gasteiger partial charge in [0.2, 0.25) is 0 Å². The first-order valence-electron chi connectivity index (χ1n) is 8.08. The molecule has 2 aromatic carbocycles. The summed E-state index contributed by atoms with van der Waals surface area (Å²) in [5, 5.41) is 11.3. The van der Waals surface area contributed by atoms with Crippen LogP contribution in [0.1, 0.15) is 30.9 Å². The number of aromatic nitrogens is 1. The first kappa shape index (κ1) is 15.6. The number of aliphatic hydroxyl groups is 1. The summed E-state index contributed by atoms with van der Waals surface area (Å²) in [6, 6.07) is 13.7. The van der Waals surface area contributed by atoms with Gasteiger partial charge in [-0.25, -0.2) is 0 Å². The summed E-state index contributed by atoms with van der Waals surface area (Å²) in [6.07, 6.45) is 4.23. The third-order valence-corrected chi connectivity index (χ3v) is 5.86. The average Bonchev–Trinajstić information content (AvgIpc) is 3.34. The summed E-state index contributed by atoms with van der Waals surface area (Å²) in [5.41, 5.74) is 2.95. The summed E-state index contributed by atoms with van der Waals surface area (Å²) < 4.78 is 2.41. The third-order valence-electron chi connectivity index (χ3n) is 5.11. The van der Waals surface area contributed by atoms with Crippen molar-refractivity contribution in [1.29, 1.82) is 0 Å². The Morgan fingerprint density at radius 2 is 2.00 bits per heavy atom. The monoisotopic (exact) mass is 383 g/mol. The van der Waals surface area contributed by atoms with Gasteiger partial charge in [-0.1, -0.05) is 41.1 Å². The van der Waals surface area contributed by atoms with Crippen LogP contribution in [-0.2, 0) is 12.0 Å². The van der Waals surface area contributed by atoms with Crippen molar-refractivity contribution < 1.29 is 5.11 Å². The molecule has 4 heteroatoms. The summed E-state index contributed by atoms with van der Waals surface area (Å²) in [5.74, 6) is 0. The van der Waals surface area contributed by atoms with Crippen LogP contribution in [-0.4, -0.2) is 9.67 Å². The Kier molecular flexibility index (Phi) is 3.62. The van der Waals surface area contributed by atoms with Crippen molar-refractivity contribution in [1.82, 2.24) is 4.57 Å². The van der Waals surface area contributed by atoms with E-state index in [-0.39, 0.29) is 17.6 Å². The number of benzene rings is 2. The van der Waals surface area contributed by atoms with Gasteiger partial charge in [-0.2, -0.15) is 0 Å². The molecule has 4 rings (SSSR count). The van der Waals surface area contributed by atoms with Crippen molar-refractivity contribution in [2.45, 2.75) is 31.8 Å². The van der Waals surface area contributed by atoms with Crippen molar-refractivity contribution in [3.63, 3.8) is 0 Å². The lowest BCUT2D eigenvalue weighted by molar-refractivity contribution is 0.280. The smallest absolute Gasteiger partial charge is 0.262 e. The van der Waals surface area contributed by atoms with Gasteiger partial charge in [0, 0.05) is 21.6 Å². The van der Waals surface area contributed by atoms with E-state index >= 15 is 0 Å². The van der Waals surface area contributed by atoms with E-state index in [2.05, 4.69) is 35.0 Å². The summed E-state index contributed by atoms with van der Waals surface area (Å²) >= 11 is 3.44. The first-order chi connectivity index (χ1) is 11.5. The largest absolute Gasteiger partial charge is 0.392 e. The van der Waals surface area contributed by atoms with Crippen molar-refractivity contribution in [2.75, 3.05) is 0 Å². The van der Waals surface area contributed by atoms with Crippen LogP contribution in [0.3, 0.4) is 0 Å². The fraction of sp³-hybridized carbons (Fsp3) is 0.250. The van der Waals surface area contributed by atoms with Gasteiger partial charge in [0.15, 0.2) is 0 Å². The highest BCUT2D eigenvalue weighted by atomic mass is 79.9. The van der Waals surface area contributed by atoms with Crippen LogP contribution in [0.5, 0.6) is 0 Å². The van der Waals surface area contributed by atoms with Crippen LogP contribution in [0.15, 0.2) is 57.9 Å². The Bertz CT molecular complexity index is 1000. The van der Waals surface area contributed by atoms with Crippen LogP contribution in [0.4, 0.5) is 0 Å². The third kappa shape index (κ3) is 2.41. The topological polar surface area (TPSA) is 42.2 Å². The van der Waals surface area contributed by atoms with E-state index in [4.69, 9.17) is 0 Å². The number of halogens is 1. The molecule has 0 aliphatic heterocycles. The van der Waals surface area contributed by atoms with Crippen LogP contribution >= 0.6 is 15.9 Å². The van der Waals surface area contributed by atoms with Crippen LogP contribution in [0.2, 0.25) is 0 Å². The minimum atomic E-state index is -0.126.